The molecule has 1 saturated heterocycles. The van der Waals surface area contributed by atoms with Gasteiger partial charge in [-0.25, -0.2) is 13.1 Å². The molecule has 1 aliphatic heterocycles. The summed E-state index contributed by atoms with van der Waals surface area (Å²) in [5.74, 6) is 0. The minimum Gasteiger partial charge on any atom is -0.314 e. The number of hydrogen-bond donors (Lipinski definition) is 2. The average molecular weight is 388 g/mol. The smallest absolute Gasteiger partial charge is 0.314 e. The quantitative estimate of drug-likeness (QED) is 0.804. The number of rotatable bonds is 5. The molecule has 1 atom stereocenters. The van der Waals surface area contributed by atoms with Crippen molar-refractivity contribution in [2.45, 2.75) is 24.0 Å². The van der Waals surface area contributed by atoms with Crippen molar-refractivity contribution in [2.75, 3.05) is 32.7 Å². The Morgan fingerprint density at radius 1 is 1.29 bits per heavy atom. The van der Waals surface area contributed by atoms with E-state index in [1.807, 2.05) is 0 Å². The van der Waals surface area contributed by atoms with Crippen LogP contribution in [0.5, 0.6) is 0 Å². The first kappa shape index (κ1) is 21.2. The van der Waals surface area contributed by atoms with Gasteiger partial charge in [0.15, 0.2) is 0 Å². The summed E-state index contributed by atoms with van der Waals surface area (Å²) >= 11 is 0. The topological polar surface area (TPSA) is 61.4 Å². The van der Waals surface area contributed by atoms with Crippen LogP contribution in [0.2, 0.25) is 0 Å². The van der Waals surface area contributed by atoms with E-state index in [-0.39, 0.29) is 30.4 Å². The first-order valence-corrected chi connectivity index (χ1v) is 8.76. The average Bonchev–Trinajstić information content (AvgIpc) is 2.47. The van der Waals surface area contributed by atoms with Gasteiger partial charge in [0.25, 0.3) is 0 Å². The number of halogens is 4. The van der Waals surface area contributed by atoms with Crippen LogP contribution in [-0.4, -0.2) is 58.3 Å². The van der Waals surface area contributed by atoms with Gasteiger partial charge in [-0.05, 0) is 24.6 Å². The van der Waals surface area contributed by atoms with Crippen molar-refractivity contribution >= 4 is 22.4 Å². The summed E-state index contributed by atoms with van der Waals surface area (Å²) in [7, 11) is -3.97. The van der Waals surface area contributed by atoms with Crippen molar-refractivity contribution in [3.8, 4) is 0 Å². The van der Waals surface area contributed by atoms with Crippen LogP contribution in [0.15, 0.2) is 29.2 Å². The molecular weight excluding hydrogens is 367 g/mol. The molecule has 1 aromatic rings. The lowest BCUT2D eigenvalue weighted by molar-refractivity contribution is -0.182. The normalized spacial score (nSPS) is 18.0. The second-order valence-electron chi connectivity index (χ2n) is 5.51. The number of hydrogen-bond acceptors (Lipinski definition) is 4. The Hall–Kier alpha value is -0.870. The predicted molar refractivity (Wildman–Crippen MR) is 87.9 cm³/mol. The van der Waals surface area contributed by atoms with Gasteiger partial charge in [0, 0.05) is 32.7 Å². The Morgan fingerprint density at radius 3 is 2.46 bits per heavy atom. The summed E-state index contributed by atoms with van der Waals surface area (Å²) in [5.41, 5.74) is 0.724. The number of benzene rings is 1. The highest BCUT2D eigenvalue weighted by molar-refractivity contribution is 7.89. The molecule has 1 heterocycles. The summed E-state index contributed by atoms with van der Waals surface area (Å²) in [6.45, 7) is 2.40. The molecular formula is C14H21ClF3N3O2S. The molecule has 0 bridgehead atoms. The van der Waals surface area contributed by atoms with E-state index in [9.17, 15) is 21.6 Å². The molecule has 138 valence electrons. The van der Waals surface area contributed by atoms with Gasteiger partial charge in [-0.2, -0.15) is 13.2 Å². The second kappa shape index (κ2) is 8.48. The standard InChI is InChI=1S/C14H20F3N3O2S.ClH/c1-11-3-2-4-12(9-11)23(21,22)19-10-13(14(15,16)17)20-7-5-18-6-8-20;/h2-4,9,13,18-19H,5-8,10H2,1H3;1H. The molecule has 0 saturated carbocycles. The molecule has 1 aromatic carbocycles. The molecule has 0 aromatic heterocycles. The minimum absolute atomic E-state index is 0. The first-order valence-electron chi connectivity index (χ1n) is 7.28. The molecule has 2 N–H and O–H groups in total. The Labute approximate surface area is 146 Å². The van der Waals surface area contributed by atoms with Gasteiger partial charge >= 0.3 is 6.18 Å². The number of aryl methyl sites for hydroxylation is 1. The number of nitrogens with zero attached hydrogens (tertiary/aromatic N) is 1. The summed E-state index contributed by atoms with van der Waals surface area (Å²) < 4.78 is 66.2. The molecule has 10 heteroatoms. The highest BCUT2D eigenvalue weighted by Gasteiger charge is 2.44. The van der Waals surface area contributed by atoms with Gasteiger partial charge in [-0.3, -0.25) is 4.90 Å². The molecule has 1 aliphatic rings. The van der Waals surface area contributed by atoms with Crippen LogP contribution in [0.25, 0.3) is 0 Å². The third-order valence-corrected chi connectivity index (χ3v) is 5.16. The van der Waals surface area contributed by atoms with E-state index < -0.39 is 28.8 Å². The van der Waals surface area contributed by atoms with Crippen molar-refractivity contribution in [3.05, 3.63) is 29.8 Å². The monoisotopic (exact) mass is 387 g/mol. The molecule has 5 nitrogen and oxygen atoms in total. The maximum atomic E-state index is 13.2. The summed E-state index contributed by atoms with van der Waals surface area (Å²) in [5, 5.41) is 2.98. The molecule has 1 fully saturated rings. The van der Waals surface area contributed by atoms with Crippen LogP contribution in [-0.2, 0) is 10.0 Å². The van der Waals surface area contributed by atoms with E-state index in [2.05, 4.69) is 10.0 Å². The van der Waals surface area contributed by atoms with E-state index in [0.717, 1.165) is 5.56 Å². The summed E-state index contributed by atoms with van der Waals surface area (Å²) in [6, 6.07) is 4.24. The van der Waals surface area contributed by atoms with Gasteiger partial charge < -0.3 is 5.32 Å². The van der Waals surface area contributed by atoms with Crippen LogP contribution >= 0.6 is 12.4 Å². The highest BCUT2D eigenvalue weighted by Crippen LogP contribution is 2.25. The van der Waals surface area contributed by atoms with Gasteiger partial charge in [-0.15, -0.1) is 12.4 Å². The van der Waals surface area contributed by atoms with E-state index in [0.29, 0.717) is 13.1 Å². The van der Waals surface area contributed by atoms with Crippen molar-refractivity contribution < 1.29 is 21.6 Å². The van der Waals surface area contributed by atoms with Crippen LogP contribution in [0.4, 0.5) is 13.2 Å². The zero-order valence-corrected chi connectivity index (χ0v) is 14.8. The zero-order chi connectivity index (χ0) is 17.1. The van der Waals surface area contributed by atoms with Crippen LogP contribution in [0.1, 0.15) is 5.56 Å². The zero-order valence-electron chi connectivity index (χ0n) is 13.1. The van der Waals surface area contributed by atoms with Crippen LogP contribution in [0.3, 0.4) is 0 Å². The Bertz CT molecular complexity index is 634. The lowest BCUT2D eigenvalue weighted by Crippen LogP contribution is -2.57. The molecule has 2 rings (SSSR count). The largest absolute Gasteiger partial charge is 0.405 e. The summed E-state index contributed by atoms with van der Waals surface area (Å²) in [6.07, 6.45) is -4.49. The minimum atomic E-state index is -4.49. The number of nitrogens with one attached hydrogen (secondary N) is 2. The highest BCUT2D eigenvalue weighted by atomic mass is 35.5. The molecule has 0 aliphatic carbocycles. The fourth-order valence-electron chi connectivity index (χ4n) is 2.50. The summed E-state index contributed by atoms with van der Waals surface area (Å²) in [4.78, 5) is 1.23. The Morgan fingerprint density at radius 2 is 1.92 bits per heavy atom. The van der Waals surface area contributed by atoms with E-state index in [1.54, 1.807) is 19.1 Å². The molecule has 0 spiro atoms. The van der Waals surface area contributed by atoms with Gasteiger partial charge in [0.05, 0.1) is 4.90 Å². The Balaban J connectivity index is 0.00000288. The SMILES string of the molecule is Cc1cccc(S(=O)(=O)NCC(N2CCNCC2)C(F)(F)F)c1.Cl. The molecule has 0 radical (unpaired) electrons. The fourth-order valence-corrected chi connectivity index (χ4v) is 3.64. The third-order valence-electron chi connectivity index (χ3n) is 3.74. The van der Waals surface area contributed by atoms with Crippen molar-refractivity contribution in [1.29, 1.82) is 0 Å². The van der Waals surface area contributed by atoms with Gasteiger partial charge in [0.2, 0.25) is 10.0 Å². The maximum absolute atomic E-state index is 13.2. The predicted octanol–water partition coefficient (Wildman–Crippen LogP) is 1.53. The van der Waals surface area contributed by atoms with E-state index in [4.69, 9.17) is 0 Å². The van der Waals surface area contributed by atoms with Crippen molar-refractivity contribution in [3.63, 3.8) is 0 Å². The van der Waals surface area contributed by atoms with Crippen molar-refractivity contribution in [1.82, 2.24) is 14.9 Å². The van der Waals surface area contributed by atoms with Gasteiger partial charge in [-0.1, -0.05) is 12.1 Å². The van der Waals surface area contributed by atoms with E-state index >= 15 is 0 Å². The van der Waals surface area contributed by atoms with Gasteiger partial charge in [0.1, 0.15) is 6.04 Å². The maximum Gasteiger partial charge on any atom is 0.405 e. The van der Waals surface area contributed by atoms with Crippen LogP contribution < -0.4 is 10.0 Å². The second-order valence-corrected chi connectivity index (χ2v) is 7.28. The first-order chi connectivity index (χ1) is 10.7. The molecule has 1 unspecified atom stereocenters. The third kappa shape index (κ3) is 5.59. The van der Waals surface area contributed by atoms with Crippen LogP contribution in [0, 0.1) is 6.92 Å². The number of alkyl halides is 3. The van der Waals surface area contributed by atoms with E-state index in [1.165, 1.54) is 17.0 Å². The van der Waals surface area contributed by atoms with Crippen molar-refractivity contribution in [2.24, 2.45) is 0 Å². The fraction of sp³-hybridized carbons (Fsp3) is 0.571. The number of piperazine rings is 1. The number of sulfonamides is 1. The lowest BCUT2D eigenvalue weighted by atomic mass is 10.2. The molecule has 24 heavy (non-hydrogen) atoms. The lowest BCUT2D eigenvalue weighted by Gasteiger charge is -2.35. The molecule has 0 amide bonds. The Kier molecular flexibility index (Phi) is 7.48.